The summed E-state index contributed by atoms with van der Waals surface area (Å²) in [5, 5.41) is 8.53. The van der Waals surface area contributed by atoms with Crippen LogP contribution in [0.4, 0.5) is 5.82 Å². The van der Waals surface area contributed by atoms with Crippen molar-refractivity contribution in [3.05, 3.63) is 12.7 Å². The van der Waals surface area contributed by atoms with Crippen molar-refractivity contribution < 1.29 is 9.90 Å². The Labute approximate surface area is 90.9 Å². The van der Waals surface area contributed by atoms with Crippen molar-refractivity contribution in [2.75, 3.05) is 5.73 Å². The highest BCUT2D eigenvalue weighted by Gasteiger charge is 2.07. The summed E-state index contributed by atoms with van der Waals surface area (Å²) in [6.45, 7) is 0.555. The van der Waals surface area contributed by atoms with Gasteiger partial charge in [0.1, 0.15) is 11.8 Å². The Balaban J connectivity index is 2.19. The maximum absolute atomic E-state index is 10.4. The van der Waals surface area contributed by atoms with Crippen LogP contribution in [0.5, 0.6) is 0 Å². The standard InChI is InChI=1S/C9H11N5O2/c10-8-7-9(12-4-11-8)14(5-13-7)3-1-2-6(15)16/h4-5H,1-3H2,(H,15,16)(H2,10,11,12). The normalized spacial score (nSPS) is 10.8. The lowest BCUT2D eigenvalue weighted by molar-refractivity contribution is -0.137. The third-order valence-corrected chi connectivity index (χ3v) is 2.22. The summed E-state index contributed by atoms with van der Waals surface area (Å²) in [4.78, 5) is 22.3. The molecule has 84 valence electrons. The Hall–Kier alpha value is -2.18. The van der Waals surface area contributed by atoms with Gasteiger partial charge in [0, 0.05) is 13.0 Å². The van der Waals surface area contributed by atoms with E-state index in [4.69, 9.17) is 10.8 Å². The van der Waals surface area contributed by atoms with Crippen molar-refractivity contribution in [1.29, 1.82) is 0 Å². The smallest absolute Gasteiger partial charge is 0.303 e. The number of carbonyl (C=O) groups is 1. The molecule has 0 saturated heterocycles. The predicted octanol–water partition coefficient (Wildman–Crippen LogP) is 0.273. The van der Waals surface area contributed by atoms with Crippen molar-refractivity contribution in [2.45, 2.75) is 19.4 Å². The van der Waals surface area contributed by atoms with Crippen LogP contribution in [0, 0.1) is 0 Å². The molecule has 0 saturated carbocycles. The quantitative estimate of drug-likeness (QED) is 0.767. The Morgan fingerprint density at radius 1 is 1.44 bits per heavy atom. The van der Waals surface area contributed by atoms with Gasteiger partial charge in [-0.15, -0.1) is 0 Å². The zero-order chi connectivity index (χ0) is 11.5. The minimum absolute atomic E-state index is 0.125. The molecule has 0 radical (unpaired) electrons. The van der Waals surface area contributed by atoms with Gasteiger partial charge < -0.3 is 15.4 Å². The number of nitrogens with zero attached hydrogens (tertiary/aromatic N) is 4. The van der Waals surface area contributed by atoms with E-state index < -0.39 is 5.97 Å². The first-order valence-electron chi connectivity index (χ1n) is 4.81. The van der Waals surface area contributed by atoms with Crippen LogP contribution in [0.25, 0.3) is 11.2 Å². The maximum atomic E-state index is 10.4. The SMILES string of the molecule is Nc1ncnc2c1ncn2CCCC(=O)O. The highest BCUT2D eigenvalue weighted by Crippen LogP contribution is 2.14. The summed E-state index contributed by atoms with van der Waals surface area (Å²) in [6, 6.07) is 0. The van der Waals surface area contributed by atoms with Gasteiger partial charge in [-0.05, 0) is 6.42 Å². The molecule has 0 unspecified atom stereocenters. The number of nitrogens with two attached hydrogens (primary N) is 1. The third-order valence-electron chi connectivity index (χ3n) is 2.22. The molecule has 2 aromatic rings. The fraction of sp³-hybridized carbons (Fsp3) is 0.333. The minimum Gasteiger partial charge on any atom is -0.481 e. The molecule has 2 aromatic heterocycles. The van der Waals surface area contributed by atoms with Crippen molar-refractivity contribution in [3.8, 4) is 0 Å². The van der Waals surface area contributed by atoms with Crippen molar-refractivity contribution in [2.24, 2.45) is 0 Å². The summed E-state index contributed by atoms with van der Waals surface area (Å²) in [6.07, 6.45) is 3.62. The first-order chi connectivity index (χ1) is 7.68. The second-order valence-corrected chi connectivity index (χ2v) is 3.37. The van der Waals surface area contributed by atoms with Gasteiger partial charge in [0.15, 0.2) is 11.5 Å². The van der Waals surface area contributed by atoms with Crippen molar-refractivity contribution in [1.82, 2.24) is 19.5 Å². The zero-order valence-electron chi connectivity index (χ0n) is 8.50. The number of nitrogen functional groups attached to an aromatic ring is 1. The molecule has 0 bridgehead atoms. The van der Waals surface area contributed by atoms with E-state index in [0.29, 0.717) is 29.9 Å². The van der Waals surface area contributed by atoms with Crippen LogP contribution in [-0.2, 0) is 11.3 Å². The van der Waals surface area contributed by atoms with Gasteiger partial charge in [0.05, 0.1) is 6.33 Å². The molecule has 0 atom stereocenters. The average Bonchev–Trinajstić information content (AvgIpc) is 2.63. The fourth-order valence-corrected chi connectivity index (χ4v) is 1.46. The molecule has 16 heavy (non-hydrogen) atoms. The Morgan fingerprint density at radius 2 is 2.25 bits per heavy atom. The number of carboxylic acids is 1. The van der Waals surface area contributed by atoms with Gasteiger partial charge in [-0.2, -0.15) is 0 Å². The van der Waals surface area contributed by atoms with Gasteiger partial charge in [-0.25, -0.2) is 15.0 Å². The summed E-state index contributed by atoms with van der Waals surface area (Å²) >= 11 is 0. The second-order valence-electron chi connectivity index (χ2n) is 3.37. The molecule has 0 aliphatic carbocycles. The first-order valence-corrected chi connectivity index (χ1v) is 4.81. The van der Waals surface area contributed by atoms with Crippen LogP contribution in [0.2, 0.25) is 0 Å². The molecular weight excluding hydrogens is 210 g/mol. The molecule has 2 heterocycles. The van der Waals surface area contributed by atoms with E-state index in [1.807, 2.05) is 0 Å². The molecule has 3 N–H and O–H groups in total. The van der Waals surface area contributed by atoms with Gasteiger partial charge in [0.2, 0.25) is 0 Å². The van der Waals surface area contributed by atoms with E-state index in [-0.39, 0.29) is 6.42 Å². The summed E-state index contributed by atoms with van der Waals surface area (Å²) in [7, 11) is 0. The molecule has 2 rings (SSSR count). The van der Waals surface area contributed by atoms with E-state index in [0.717, 1.165) is 0 Å². The van der Waals surface area contributed by atoms with Crippen molar-refractivity contribution in [3.63, 3.8) is 0 Å². The predicted molar refractivity (Wildman–Crippen MR) is 56.6 cm³/mol. The molecule has 0 aliphatic rings. The van der Waals surface area contributed by atoms with E-state index in [1.165, 1.54) is 6.33 Å². The number of imidazole rings is 1. The lowest BCUT2D eigenvalue weighted by Crippen LogP contribution is -2.02. The number of fused-ring (bicyclic) bond motifs is 1. The lowest BCUT2D eigenvalue weighted by atomic mass is 10.3. The molecule has 0 amide bonds. The van der Waals surface area contributed by atoms with Gasteiger partial charge in [-0.1, -0.05) is 0 Å². The van der Waals surface area contributed by atoms with Gasteiger partial charge in [-0.3, -0.25) is 4.79 Å². The van der Waals surface area contributed by atoms with Crippen LogP contribution >= 0.6 is 0 Å². The molecule has 0 aromatic carbocycles. The van der Waals surface area contributed by atoms with Crippen LogP contribution in [0.3, 0.4) is 0 Å². The first kappa shape index (κ1) is 10.3. The zero-order valence-corrected chi connectivity index (χ0v) is 8.50. The second kappa shape index (κ2) is 4.13. The molecule has 0 fully saturated rings. The largest absolute Gasteiger partial charge is 0.481 e. The van der Waals surface area contributed by atoms with Crippen LogP contribution in [0.15, 0.2) is 12.7 Å². The van der Waals surface area contributed by atoms with Crippen LogP contribution in [-0.4, -0.2) is 30.6 Å². The van der Waals surface area contributed by atoms with E-state index in [1.54, 1.807) is 10.9 Å². The molecule has 0 spiro atoms. The Morgan fingerprint density at radius 3 is 3.00 bits per heavy atom. The Kier molecular flexibility index (Phi) is 2.67. The number of anilines is 1. The molecule has 7 nitrogen and oxygen atoms in total. The van der Waals surface area contributed by atoms with E-state index in [2.05, 4.69) is 15.0 Å². The molecule has 7 heteroatoms. The van der Waals surface area contributed by atoms with Crippen LogP contribution in [0.1, 0.15) is 12.8 Å². The van der Waals surface area contributed by atoms with Crippen LogP contribution < -0.4 is 5.73 Å². The monoisotopic (exact) mass is 221 g/mol. The number of aromatic nitrogens is 4. The van der Waals surface area contributed by atoms with E-state index >= 15 is 0 Å². The van der Waals surface area contributed by atoms with E-state index in [9.17, 15) is 4.79 Å². The number of aliphatic carboxylic acids is 1. The topological polar surface area (TPSA) is 107 Å². The van der Waals surface area contributed by atoms with Crippen molar-refractivity contribution >= 4 is 23.0 Å². The third kappa shape index (κ3) is 1.92. The summed E-state index contributed by atoms with van der Waals surface area (Å²) in [5.41, 5.74) is 6.82. The average molecular weight is 221 g/mol. The Bertz CT molecular complexity index is 522. The number of hydrogen-bond donors (Lipinski definition) is 2. The lowest BCUT2D eigenvalue weighted by Gasteiger charge is -2.01. The maximum Gasteiger partial charge on any atom is 0.303 e. The minimum atomic E-state index is -0.807. The number of carboxylic acid groups (broad SMARTS) is 1. The van der Waals surface area contributed by atoms with Gasteiger partial charge >= 0.3 is 5.97 Å². The number of hydrogen-bond acceptors (Lipinski definition) is 5. The summed E-state index contributed by atoms with van der Waals surface area (Å²) < 4.78 is 1.77. The number of aryl methyl sites for hydroxylation is 1. The highest BCUT2D eigenvalue weighted by molar-refractivity contribution is 5.81. The fourth-order valence-electron chi connectivity index (χ4n) is 1.46. The number of rotatable bonds is 4. The van der Waals surface area contributed by atoms with Gasteiger partial charge in [0.25, 0.3) is 0 Å². The molecule has 0 aliphatic heterocycles. The highest BCUT2D eigenvalue weighted by atomic mass is 16.4. The molecular formula is C9H11N5O2. The summed E-state index contributed by atoms with van der Waals surface area (Å²) in [5.74, 6) is -0.472.